The zero-order chi connectivity index (χ0) is 18.5. The molecule has 0 radical (unpaired) electrons. The molecule has 0 bridgehead atoms. The molecule has 3 aromatic rings. The minimum Gasteiger partial charge on any atom is -0.454 e. The number of anilines is 1. The van der Waals surface area contributed by atoms with Gasteiger partial charge in [-0.15, -0.1) is 0 Å². The molecule has 136 valence electrons. The lowest BCUT2D eigenvalue weighted by Crippen LogP contribution is -2.16. The molecule has 0 aliphatic carbocycles. The Labute approximate surface area is 155 Å². The zero-order valence-electron chi connectivity index (χ0n) is 14.3. The Morgan fingerprint density at radius 3 is 2.78 bits per heavy atom. The van der Waals surface area contributed by atoms with Gasteiger partial charge in [0.1, 0.15) is 5.76 Å². The number of benzene rings is 2. The number of rotatable bonds is 6. The van der Waals surface area contributed by atoms with Crippen molar-refractivity contribution in [3.63, 3.8) is 0 Å². The van der Waals surface area contributed by atoms with Gasteiger partial charge in [0, 0.05) is 5.69 Å². The Morgan fingerprint density at radius 2 is 1.89 bits per heavy atom. The van der Waals surface area contributed by atoms with E-state index in [9.17, 15) is 4.79 Å². The molecule has 7 nitrogen and oxygen atoms in total. The third-order valence-corrected chi connectivity index (χ3v) is 3.90. The lowest BCUT2D eigenvalue weighted by Gasteiger charge is -2.03. The number of para-hydroxylation sites is 1. The van der Waals surface area contributed by atoms with Gasteiger partial charge in [0.25, 0.3) is 0 Å². The van der Waals surface area contributed by atoms with E-state index in [-0.39, 0.29) is 12.6 Å². The largest absolute Gasteiger partial charge is 0.454 e. The highest BCUT2D eigenvalue weighted by molar-refractivity contribution is 5.92. The van der Waals surface area contributed by atoms with E-state index in [2.05, 4.69) is 15.8 Å². The summed E-state index contributed by atoms with van der Waals surface area (Å²) in [6.07, 6.45) is 1.53. The van der Waals surface area contributed by atoms with Crippen LogP contribution < -0.4 is 20.2 Å². The van der Waals surface area contributed by atoms with Crippen LogP contribution in [0.25, 0.3) is 0 Å². The molecular formula is C20H17N3O4. The first-order valence-electron chi connectivity index (χ1n) is 8.38. The van der Waals surface area contributed by atoms with Crippen LogP contribution in [-0.4, -0.2) is 18.9 Å². The fourth-order valence-corrected chi connectivity index (χ4v) is 2.55. The van der Waals surface area contributed by atoms with E-state index >= 15 is 0 Å². The minimum absolute atomic E-state index is 0.197. The van der Waals surface area contributed by atoms with E-state index in [0.29, 0.717) is 23.8 Å². The second-order valence-electron chi connectivity index (χ2n) is 5.80. The summed E-state index contributed by atoms with van der Waals surface area (Å²) in [7, 11) is 0. The number of hydrogen-bond acceptors (Lipinski definition) is 6. The number of amides is 1. The lowest BCUT2D eigenvalue weighted by atomic mass is 10.2. The van der Waals surface area contributed by atoms with Crippen LogP contribution in [0.1, 0.15) is 21.9 Å². The Kier molecular flexibility index (Phi) is 4.74. The summed E-state index contributed by atoms with van der Waals surface area (Å²) in [6.45, 7) is 0.699. The average Bonchev–Trinajstić information content (AvgIpc) is 3.36. The third-order valence-electron chi connectivity index (χ3n) is 3.90. The van der Waals surface area contributed by atoms with Gasteiger partial charge in [-0.3, -0.25) is 4.79 Å². The Hall–Kier alpha value is -3.74. The highest BCUT2D eigenvalue weighted by Crippen LogP contribution is 2.31. The summed E-state index contributed by atoms with van der Waals surface area (Å²) in [5.41, 5.74) is 4.21. The second kappa shape index (κ2) is 7.65. The number of carbonyl (C=O) groups excluding carboxylic acids is 1. The molecule has 0 spiro atoms. The van der Waals surface area contributed by atoms with Crippen LogP contribution >= 0.6 is 0 Å². The Morgan fingerprint density at radius 1 is 1.04 bits per heavy atom. The number of hydrogen-bond donors (Lipinski definition) is 2. The van der Waals surface area contributed by atoms with E-state index in [1.54, 1.807) is 24.3 Å². The Bertz CT molecular complexity index is 966. The summed E-state index contributed by atoms with van der Waals surface area (Å²) in [5.74, 6) is 1.79. The number of furan rings is 1. The highest BCUT2D eigenvalue weighted by Gasteiger charge is 2.13. The van der Waals surface area contributed by atoms with E-state index < -0.39 is 5.91 Å². The maximum absolute atomic E-state index is 12.1. The fourth-order valence-electron chi connectivity index (χ4n) is 2.55. The zero-order valence-corrected chi connectivity index (χ0v) is 14.3. The molecule has 1 amide bonds. The SMILES string of the molecule is O=C(N/N=C/c1ccc2c(c1)OCO2)c1ccc(CNc2ccccc2)o1. The van der Waals surface area contributed by atoms with Crippen LogP contribution in [0.5, 0.6) is 11.5 Å². The number of nitrogens with one attached hydrogen (secondary N) is 2. The standard InChI is InChI=1S/C20H17N3O4/c24-20(23-22-11-14-6-8-17-19(10-14)26-13-25-17)18-9-7-16(27-18)12-21-15-4-2-1-3-5-15/h1-11,21H,12-13H2,(H,23,24)/b22-11+. The molecule has 2 heterocycles. The topological polar surface area (TPSA) is 85.1 Å². The predicted octanol–water partition coefficient (Wildman–Crippen LogP) is 3.38. The van der Waals surface area contributed by atoms with E-state index in [1.165, 1.54) is 6.21 Å². The molecule has 1 aliphatic rings. The number of fused-ring (bicyclic) bond motifs is 1. The monoisotopic (exact) mass is 363 g/mol. The van der Waals surface area contributed by atoms with Crippen molar-refractivity contribution in [1.29, 1.82) is 0 Å². The first-order valence-corrected chi connectivity index (χ1v) is 8.38. The van der Waals surface area contributed by atoms with Crippen molar-refractivity contribution in [3.8, 4) is 11.5 Å². The van der Waals surface area contributed by atoms with Crippen molar-refractivity contribution in [2.24, 2.45) is 5.10 Å². The van der Waals surface area contributed by atoms with E-state index in [4.69, 9.17) is 13.9 Å². The first kappa shape index (κ1) is 16.7. The van der Waals surface area contributed by atoms with Gasteiger partial charge in [0.2, 0.25) is 6.79 Å². The maximum Gasteiger partial charge on any atom is 0.307 e. The molecule has 27 heavy (non-hydrogen) atoms. The van der Waals surface area contributed by atoms with Crippen molar-refractivity contribution in [2.45, 2.75) is 6.54 Å². The molecule has 2 aromatic carbocycles. The van der Waals surface area contributed by atoms with Crippen molar-refractivity contribution >= 4 is 17.8 Å². The minimum atomic E-state index is -0.419. The van der Waals surface area contributed by atoms with Crippen molar-refractivity contribution in [3.05, 3.63) is 77.7 Å². The molecule has 0 saturated carbocycles. The van der Waals surface area contributed by atoms with Crippen LogP contribution in [0.3, 0.4) is 0 Å². The molecule has 7 heteroatoms. The summed E-state index contributed by atoms with van der Waals surface area (Å²) in [4.78, 5) is 12.1. The molecule has 0 saturated heterocycles. The molecule has 4 rings (SSSR count). The quantitative estimate of drug-likeness (QED) is 0.518. The van der Waals surface area contributed by atoms with Gasteiger partial charge in [0.05, 0.1) is 12.8 Å². The van der Waals surface area contributed by atoms with Gasteiger partial charge < -0.3 is 19.2 Å². The van der Waals surface area contributed by atoms with Crippen molar-refractivity contribution in [1.82, 2.24) is 5.43 Å². The lowest BCUT2D eigenvalue weighted by molar-refractivity contribution is 0.0926. The highest BCUT2D eigenvalue weighted by atomic mass is 16.7. The van der Waals surface area contributed by atoms with Gasteiger partial charge in [0.15, 0.2) is 17.3 Å². The van der Waals surface area contributed by atoms with Gasteiger partial charge in [-0.05, 0) is 48.0 Å². The van der Waals surface area contributed by atoms with Gasteiger partial charge in [-0.25, -0.2) is 5.43 Å². The normalized spacial score (nSPS) is 12.3. The number of ether oxygens (including phenoxy) is 2. The van der Waals surface area contributed by atoms with Gasteiger partial charge >= 0.3 is 5.91 Å². The second-order valence-corrected chi connectivity index (χ2v) is 5.80. The van der Waals surface area contributed by atoms with Crippen molar-refractivity contribution in [2.75, 3.05) is 12.1 Å². The molecule has 0 atom stereocenters. The molecule has 0 fully saturated rings. The number of carbonyl (C=O) groups is 1. The molecule has 0 unspecified atom stereocenters. The molecule has 1 aliphatic heterocycles. The number of nitrogens with zero attached hydrogens (tertiary/aromatic N) is 1. The molecular weight excluding hydrogens is 346 g/mol. The van der Waals surface area contributed by atoms with Gasteiger partial charge in [-0.1, -0.05) is 18.2 Å². The van der Waals surface area contributed by atoms with Crippen LogP contribution in [0, 0.1) is 0 Å². The van der Waals surface area contributed by atoms with Gasteiger partial charge in [-0.2, -0.15) is 5.10 Å². The smallest absolute Gasteiger partial charge is 0.307 e. The summed E-state index contributed by atoms with van der Waals surface area (Å²) in [5, 5.41) is 7.17. The molecule has 2 N–H and O–H groups in total. The van der Waals surface area contributed by atoms with Crippen LogP contribution in [-0.2, 0) is 6.54 Å². The van der Waals surface area contributed by atoms with Crippen molar-refractivity contribution < 1.29 is 18.7 Å². The predicted molar refractivity (Wildman–Crippen MR) is 100 cm³/mol. The summed E-state index contributed by atoms with van der Waals surface area (Å²) >= 11 is 0. The average molecular weight is 363 g/mol. The van der Waals surface area contributed by atoms with Crippen LogP contribution in [0.15, 0.2) is 70.2 Å². The number of hydrazone groups is 1. The van der Waals surface area contributed by atoms with Crippen LogP contribution in [0.4, 0.5) is 5.69 Å². The molecule has 1 aromatic heterocycles. The fraction of sp³-hybridized carbons (Fsp3) is 0.100. The summed E-state index contributed by atoms with van der Waals surface area (Å²) in [6, 6.07) is 18.5. The maximum atomic E-state index is 12.1. The van der Waals surface area contributed by atoms with E-state index in [1.807, 2.05) is 36.4 Å². The summed E-state index contributed by atoms with van der Waals surface area (Å²) < 4.78 is 16.1. The van der Waals surface area contributed by atoms with E-state index in [0.717, 1.165) is 11.3 Å². The first-order chi connectivity index (χ1) is 13.3. The third kappa shape index (κ3) is 4.09. The Balaban J connectivity index is 1.31. The van der Waals surface area contributed by atoms with Crippen LogP contribution in [0.2, 0.25) is 0 Å².